The molecule has 0 bridgehead atoms. The third kappa shape index (κ3) is 9.47. The fourth-order valence-electron chi connectivity index (χ4n) is 4.88. The Morgan fingerprint density at radius 3 is 2.56 bits per heavy atom. The molecule has 39 heavy (non-hydrogen) atoms. The van der Waals surface area contributed by atoms with Gasteiger partial charge in [-0.3, -0.25) is 9.59 Å². The van der Waals surface area contributed by atoms with E-state index in [0.29, 0.717) is 25.4 Å². The van der Waals surface area contributed by atoms with Crippen molar-refractivity contribution in [2.45, 2.75) is 71.6 Å². The van der Waals surface area contributed by atoms with Gasteiger partial charge in [0.15, 0.2) is 0 Å². The Kier molecular flexibility index (Phi) is 12.5. The normalized spacial score (nSPS) is 15.5. The van der Waals surface area contributed by atoms with Gasteiger partial charge in [0.05, 0.1) is 11.4 Å². The molecule has 9 nitrogen and oxygen atoms in total. The second-order valence-electron chi connectivity index (χ2n) is 9.93. The molecule has 0 spiro atoms. The van der Waals surface area contributed by atoms with Crippen LogP contribution in [0.15, 0.2) is 41.0 Å². The first kappa shape index (κ1) is 30.8. The number of aromatic nitrogens is 1. The number of nitrogens with one attached hydrogen (secondary N) is 3. The monoisotopic (exact) mass is 602 g/mol. The average molecular weight is 604 g/mol. The summed E-state index contributed by atoms with van der Waals surface area (Å²) in [5.74, 6) is 0.617. The maximum Gasteiger partial charge on any atom is 0.253 e. The number of pyridine rings is 1. The predicted octanol–water partition coefficient (Wildman–Crippen LogP) is 4.79. The van der Waals surface area contributed by atoms with E-state index >= 15 is 0 Å². The first-order chi connectivity index (χ1) is 18.8. The molecular weight excluding hydrogens is 560 g/mol. The number of nitrogens with two attached hydrogens (primary N) is 1. The van der Waals surface area contributed by atoms with E-state index < -0.39 is 6.10 Å². The summed E-state index contributed by atoms with van der Waals surface area (Å²) >= 11 is 3.51. The Hall–Kier alpha value is -2.69. The molecule has 10 heteroatoms. The summed E-state index contributed by atoms with van der Waals surface area (Å²) < 4.78 is 6.46. The van der Waals surface area contributed by atoms with Crippen molar-refractivity contribution in [3.05, 3.63) is 46.6 Å². The highest BCUT2D eigenvalue weighted by molar-refractivity contribution is 9.10. The molecule has 2 aromatic rings. The number of halogens is 1. The van der Waals surface area contributed by atoms with Crippen LogP contribution in [0, 0.1) is 5.92 Å². The molecule has 5 N–H and O–H groups in total. The van der Waals surface area contributed by atoms with Crippen LogP contribution in [0.4, 0.5) is 17.2 Å². The van der Waals surface area contributed by atoms with E-state index in [-0.39, 0.29) is 23.8 Å². The van der Waals surface area contributed by atoms with Crippen LogP contribution in [0.3, 0.4) is 0 Å². The van der Waals surface area contributed by atoms with Gasteiger partial charge in [0.25, 0.3) is 5.91 Å². The van der Waals surface area contributed by atoms with E-state index in [9.17, 15) is 9.59 Å². The van der Waals surface area contributed by atoms with E-state index in [1.807, 2.05) is 49.1 Å². The van der Waals surface area contributed by atoms with Crippen LogP contribution in [0.5, 0.6) is 0 Å². The molecule has 2 unspecified atom stereocenters. The lowest BCUT2D eigenvalue weighted by atomic mass is 9.97. The van der Waals surface area contributed by atoms with Gasteiger partial charge in [-0.1, -0.05) is 29.8 Å². The minimum absolute atomic E-state index is 0.00894. The van der Waals surface area contributed by atoms with Crippen molar-refractivity contribution in [1.29, 1.82) is 0 Å². The van der Waals surface area contributed by atoms with Crippen LogP contribution in [0.25, 0.3) is 0 Å². The molecular formula is C29H43BrN6O3. The number of hydrogen-bond acceptors (Lipinski definition) is 7. The second kappa shape index (κ2) is 15.8. The van der Waals surface area contributed by atoms with Gasteiger partial charge in [-0.15, -0.1) is 0 Å². The Morgan fingerprint density at radius 1 is 1.13 bits per heavy atom. The standard InChI is InChI=1S/C29H43BrN6O3/c1-4-21(10-13-32-19-20-9-14-33-27(31)17-20)29(38)36-15-11-23(12-16-36)34-24-8-7-22(30)18-25(24)35-28(37)26(5-2)39-6-3/h7-9,14,17-18,21,23,26,32,34H,4-6,10-13,15-16,19H2,1-3H3,(H2,31,33)(H,35,37). The molecule has 1 saturated heterocycles. The zero-order valence-electron chi connectivity index (χ0n) is 23.3. The van der Waals surface area contributed by atoms with Crippen LogP contribution in [-0.2, 0) is 20.9 Å². The minimum Gasteiger partial charge on any atom is -0.384 e. The Balaban J connectivity index is 1.49. The molecule has 3 rings (SSSR count). The van der Waals surface area contributed by atoms with Gasteiger partial charge >= 0.3 is 0 Å². The van der Waals surface area contributed by atoms with Crippen molar-refractivity contribution in [2.24, 2.45) is 5.92 Å². The lowest BCUT2D eigenvalue weighted by Gasteiger charge is -2.35. The number of nitrogen functional groups attached to an aromatic ring is 1. The van der Waals surface area contributed by atoms with Gasteiger partial charge < -0.3 is 31.3 Å². The molecule has 2 amide bonds. The van der Waals surface area contributed by atoms with E-state index in [1.165, 1.54) is 0 Å². The molecule has 214 valence electrons. The first-order valence-corrected chi connectivity index (χ1v) is 14.8. The van der Waals surface area contributed by atoms with Gasteiger partial charge in [0, 0.05) is 48.9 Å². The average Bonchev–Trinajstić information content (AvgIpc) is 2.93. The maximum atomic E-state index is 13.2. The van der Waals surface area contributed by atoms with E-state index in [1.54, 1.807) is 6.20 Å². The number of rotatable bonds is 14. The summed E-state index contributed by atoms with van der Waals surface area (Å²) in [6.07, 6.45) is 5.17. The van der Waals surface area contributed by atoms with E-state index in [4.69, 9.17) is 10.5 Å². The van der Waals surface area contributed by atoms with Crippen LogP contribution in [0.2, 0.25) is 0 Å². The summed E-state index contributed by atoms with van der Waals surface area (Å²) in [6, 6.07) is 9.86. The molecule has 0 saturated carbocycles. The molecule has 1 aliphatic heterocycles. The van der Waals surface area contributed by atoms with Gasteiger partial charge in [-0.25, -0.2) is 4.98 Å². The van der Waals surface area contributed by atoms with E-state index in [0.717, 1.165) is 66.7 Å². The first-order valence-electron chi connectivity index (χ1n) is 14.0. The summed E-state index contributed by atoms with van der Waals surface area (Å²) in [5, 5.41) is 10.0. The number of benzene rings is 1. The van der Waals surface area contributed by atoms with Gasteiger partial charge in [-0.2, -0.15) is 0 Å². The largest absolute Gasteiger partial charge is 0.384 e. The SMILES string of the molecule is CCOC(CC)C(=O)Nc1cc(Br)ccc1NC1CCN(C(=O)C(CC)CCNCc2ccnc(N)c2)CC1. The van der Waals surface area contributed by atoms with Crippen molar-refractivity contribution >= 4 is 44.9 Å². The predicted molar refractivity (Wildman–Crippen MR) is 160 cm³/mol. The highest BCUT2D eigenvalue weighted by Gasteiger charge is 2.28. The van der Waals surface area contributed by atoms with E-state index in [2.05, 4.69) is 43.8 Å². The number of likely N-dealkylation sites (tertiary alicyclic amines) is 1. The molecule has 1 aromatic carbocycles. The van der Waals surface area contributed by atoms with Crippen LogP contribution >= 0.6 is 15.9 Å². The quantitative estimate of drug-likeness (QED) is 0.229. The number of ether oxygens (including phenoxy) is 1. The number of carbonyl (C=O) groups is 2. The van der Waals surface area contributed by atoms with Crippen molar-refractivity contribution in [1.82, 2.24) is 15.2 Å². The number of piperidine rings is 1. The molecule has 1 fully saturated rings. The van der Waals surface area contributed by atoms with Gasteiger partial charge in [-0.05, 0) is 81.5 Å². The van der Waals surface area contributed by atoms with Crippen molar-refractivity contribution < 1.29 is 14.3 Å². The third-order valence-electron chi connectivity index (χ3n) is 7.12. The molecule has 2 atom stereocenters. The number of nitrogens with zero attached hydrogens (tertiary/aromatic N) is 2. The third-order valence-corrected chi connectivity index (χ3v) is 7.62. The molecule has 2 heterocycles. The van der Waals surface area contributed by atoms with Crippen LogP contribution in [0.1, 0.15) is 58.4 Å². The van der Waals surface area contributed by atoms with Crippen molar-refractivity contribution in [2.75, 3.05) is 42.6 Å². The molecule has 1 aliphatic rings. The number of amides is 2. The topological polar surface area (TPSA) is 122 Å². The minimum atomic E-state index is -0.479. The smallest absolute Gasteiger partial charge is 0.253 e. The highest BCUT2D eigenvalue weighted by Crippen LogP contribution is 2.29. The van der Waals surface area contributed by atoms with Gasteiger partial charge in [0.2, 0.25) is 5.91 Å². The highest BCUT2D eigenvalue weighted by atomic mass is 79.9. The Morgan fingerprint density at radius 2 is 1.90 bits per heavy atom. The summed E-state index contributed by atoms with van der Waals surface area (Å²) in [5.41, 5.74) is 8.43. The zero-order valence-corrected chi connectivity index (χ0v) is 24.9. The number of carbonyl (C=O) groups excluding carboxylic acids is 2. The van der Waals surface area contributed by atoms with Crippen molar-refractivity contribution in [3.8, 4) is 0 Å². The molecule has 0 radical (unpaired) electrons. The van der Waals surface area contributed by atoms with Crippen molar-refractivity contribution in [3.63, 3.8) is 0 Å². The molecule has 1 aromatic heterocycles. The fourth-order valence-corrected chi connectivity index (χ4v) is 5.24. The molecule has 0 aliphatic carbocycles. The summed E-state index contributed by atoms with van der Waals surface area (Å²) in [4.78, 5) is 32.0. The Labute approximate surface area is 240 Å². The maximum absolute atomic E-state index is 13.2. The fraction of sp³-hybridized carbons (Fsp3) is 0.552. The van der Waals surface area contributed by atoms with Crippen LogP contribution < -0.4 is 21.7 Å². The lowest BCUT2D eigenvalue weighted by Crippen LogP contribution is -2.45. The number of anilines is 3. The zero-order chi connectivity index (χ0) is 28.2. The summed E-state index contributed by atoms with van der Waals surface area (Å²) in [6.45, 7) is 9.31. The van der Waals surface area contributed by atoms with Crippen LogP contribution in [-0.4, -0.2) is 60.1 Å². The lowest BCUT2D eigenvalue weighted by molar-refractivity contribution is -0.136. The van der Waals surface area contributed by atoms with Gasteiger partial charge in [0.1, 0.15) is 11.9 Å². The second-order valence-corrected chi connectivity index (χ2v) is 10.9. The summed E-state index contributed by atoms with van der Waals surface area (Å²) in [7, 11) is 0. The number of hydrogen-bond donors (Lipinski definition) is 4. The Bertz CT molecular complexity index is 1080.